The molecule has 3 nitrogen and oxygen atoms in total. The quantitative estimate of drug-likeness (QED) is 0.405. The molecule has 5 heteroatoms. The van der Waals surface area contributed by atoms with Crippen LogP contribution in [0.25, 0.3) is 0 Å². The van der Waals surface area contributed by atoms with Crippen LogP contribution in [0.15, 0.2) is 0 Å². The van der Waals surface area contributed by atoms with Crippen LogP contribution in [0.2, 0.25) is 0 Å². The molecule has 0 aromatic carbocycles. The molecule has 0 aliphatic carbocycles. The zero-order valence-electron chi connectivity index (χ0n) is 8.43. The van der Waals surface area contributed by atoms with Crippen LogP contribution < -0.4 is 5.32 Å². The zero-order valence-corrected chi connectivity index (χ0v) is 13.6. The van der Waals surface area contributed by atoms with Crippen molar-refractivity contribution in [2.75, 3.05) is 13.1 Å². The second-order valence-electron chi connectivity index (χ2n) is 3.87. The zero-order chi connectivity index (χ0) is 10.5. The summed E-state index contributed by atoms with van der Waals surface area (Å²) in [7, 11) is 0. The molecule has 0 spiro atoms. The van der Waals surface area contributed by atoms with E-state index in [1.807, 2.05) is 20.8 Å². The molecule has 0 saturated carbocycles. The molecule has 0 radical (unpaired) electrons. The van der Waals surface area contributed by atoms with Gasteiger partial charge >= 0.3 is 40.6 Å². The average molecular weight is 348 g/mol. The van der Waals surface area contributed by atoms with Crippen molar-refractivity contribution in [2.24, 2.45) is 0 Å². The SMILES string of the molecule is CC(C)(C)NC(=O)N1C[CH-]C1.[Zn+][I]. The Morgan fingerprint density at radius 2 is 1.92 bits per heavy atom. The van der Waals surface area contributed by atoms with Crippen LogP contribution in [0.3, 0.4) is 0 Å². The predicted octanol–water partition coefficient (Wildman–Crippen LogP) is 1.90. The third kappa shape index (κ3) is 5.84. The minimum atomic E-state index is -0.118. The molecule has 1 aliphatic heterocycles. The summed E-state index contributed by atoms with van der Waals surface area (Å²) in [6.07, 6.45) is 2.07. The number of rotatable bonds is 0. The number of nitrogens with one attached hydrogen (secondary N) is 1. The van der Waals surface area contributed by atoms with Crippen molar-refractivity contribution in [3.63, 3.8) is 0 Å². The molecule has 1 aliphatic rings. The van der Waals surface area contributed by atoms with E-state index in [0.717, 1.165) is 13.1 Å². The van der Waals surface area contributed by atoms with Gasteiger partial charge < -0.3 is 10.2 Å². The van der Waals surface area contributed by atoms with Crippen LogP contribution in [0.4, 0.5) is 4.79 Å². The van der Waals surface area contributed by atoms with E-state index in [4.69, 9.17) is 0 Å². The molecule has 0 atom stereocenters. The Balaban J connectivity index is 0.000000671. The number of urea groups is 1. The summed E-state index contributed by atoms with van der Waals surface area (Å²) in [5.74, 6) is 0. The fourth-order valence-corrected chi connectivity index (χ4v) is 0.824. The number of carbonyl (C=O) groups is 1. The van der Waals surface area contributed by atoms with Gasteiger partial charge in [0.05, 0.1) is 0 Å². The second-order valence-corrected chi connectivity index (χ2v) is 3.87. The van der Waals surface area contributed by atoms with Crippen LogP contribution in [0.5, 0.6) is 0 Å². The molecule has 0 unspecified atom stereocenters. The van der Waals surface area contributed by atoms with Crippen molar-refractivity contribution in [3.05, 3.63) is 6.42 Å². The van der Waals surface area contributed by atoms with Gasteiger partial charge in [-0.2, -0.15) is 0 Å². The summed E-state index contributed by atoms with van der Waals surface area (Å²) < 4.78 is 0. The molecule has 0 aromatic rings. The van der Waals surface area contributed by atoms with Crippen LogP contribution >= 0.6 is 19.8 Å². The van der Waals surface area contributed by atoms with E-state index in [-0.39, 0.29) is 11.6 Å². The minimum absolute atomic E-state index is 0.0417. The Kier molecular flexibility index (Phi) is 6.47. The molecule has 0 bridgehead atoms. The molecule has 13 heavy (non-hydrogen) atoms. The van der Waals surface area contributed by atoms with E-state index in [0.29, 0.717) is 0 Å². The van der Waals surface area contributed by atoms with E-state index in [1.165, 1.54) is 14.8 Å². The molecule has 2 amide bonds. The van der Waals surface area contributed by atoms with Crippen molar-refractivity contribution in [3.8, 4) is 0 Å². The molecular weight excluding hydrogens is 332 g/mol. The number of nitrogens with zero attached hydrogens (tertiary/aromatic N) is 1. The summed E-state index contributed by atoms with van der Waals surface area (Å²) >= 11 is 3.62. The van der Waals surface area contributed by atoms with Gasteiger partial charge in [-0.25, -0.2) is 4.79 Å². The maximum absolute atomic E-state index is 11.2. The third-order valence-electron chi connectivity index (χ3n) is 1.47. The van der Waals surface area contributed by atoms with E-state index >= 15 is 0 Å². The van der Waals surface area contributed by atoms with E-state index < -0.39 is 0 Å². The molecule has 0 aromatic heterocycles. The number of hydrogen-bond acceptors (Lipinski definition) is 1. The van der Waals surface area contributed by atoms with Gasteiger partial charge in [0.1, 0.15) is 0 Å². The number of hydrogen-bond donors (Lipinski definition) is 1. The van der Waals surface area contributed by atoms with E-state index in [2.05, 4.69) is 31.5 Å². The molecule has 1 fully saturated rings. The Morgan fingerprint density at radius 3 is 2.15 bits per heavy atom. The van der Waals surface area contributed by atoms with Gasteiger partial charge in [0.15, 0.2) is 0 Å². The number of likely N-dealkylation sites (tertiary alicyclic amines) is 1. The van der Waals surface area contributed by atoms with Gasteiger partial charge in [-0.15, -0.1) is 13.1 Å². The average Bonchev–Trinajstić information content (AvgIpc) is 1.83. The van der Waals surface area contributed by atoms with Gasteiger partial charge in [0.2, 0.25) is 0 Å². The van der Waals surface area contributed by atoms with Crippen molar-refractivity contribution in [1.82, 2.24) is 10.2 Å². The fourth-order valence-electron chi connectivity index (χ4n) is 0.824. The summed E-state index contributed by atoms with van der Waals surface area (Å²) in [5, 5.41) is 2.89. The van der Waals surface area contributed by atoms with Gasteiger partial charge in [0.25, 0.3) is 0 Å². The second kappa shape index (κ2) is 6.17. The predicted molar refractivity (Wildman–Crippen MR) is 58.2 cm³/mol. The number of halogens is 1. The van der Waals surface area contributed by atoms with Crippen LogP contribution in [-0.4, -0.2) is 29.6 Å². The first-order chi connectivity index (χ1) is 5.99. The third-order valence-corrected chi connectivity index (χ3v) is 1.47. The normalized spacial score (nSPS) is 15.4. The van der Waals surface area contributed by atoms with Gasteiger partial charge in [-0.05, 0) is 20.8 Å². The summed E-state index contributed by atoms with van der Waals surface area (Å²) in [4.78, 5) is 13.0. The first-order valence-corrected chi connectivity index (χ1v) is 13.2. The molecule has 72 valence electrons. The van der Waals surface area contributed by atoms with Crippen molar-refractivity contribution >= 4 is 25.8 Å². The monoisotopic (exact) mass is 346 g/mol. The summed E-state index contributed by atoms with van der Waals surface area (Å²) in [6.45, 7) is 7.53. The van der Waals surface area contributed by atoms with E-state index in [9.17, 15) is 4.79 Å². The molecule has 1 saturated heterocycles. The van der Waals surface area contributed by atoms with E-state index in [1.54, 1.807) is 4.90 Å². The number of carbonyl (C=O) groups excluding carboxylic acids is 1. The summed E-state index contributed by atoms with van der Waals surface area (Å²) in [5.41, 5.74) is -0.118. The maximum atomic E-state index is 11.2. The van der Waals surface area contributed by atoms with Gasteiger partial charge in [0, 0.05) is 5.54 Å². The summed E-state index contributed by atoms with van der Waals surface area (Å²) in [6, 6.07) is 0.0417. The van der Waals surface area contributed by atoms with Crippen molar-refractivity contribution in [2.45, 2.75) is 26.3 Å². The van der Waals surface area contributed by atoms with Crippen molar-refractivity contribution < 1.29 is 19.6 Å². The first kappa shape index (κ1) is 13.6. The Labute approximate surface area is 101 Å². The van der Waals surface area contributed by atoms with Gasteiger partial charge in [-0.3, -0.25) is 6.42 Å². The molecular formula is C8H15IN2OZn. The van der Waals surface area contributed by atoms with Crippen LogP contribution in [-0.2, 0) is 14.8 Å². The van der Waals surface area contributed by atoms with Crippen LogP contribution in [0.1, 0.15) is 20.8 Å². The standard InChI is InChI=1S/C8H15N2O.HI.Zn/c1-8(2,3)9-7(11)10-5-4-6-10;;/h4H,5-6H2,1-3H3,(H,9,11);1H;/q-1;;+2/p-1. The van der Waals surface area contributed by atoms with Gasteiger partial charge in [-0.1, -0.05) is 0 Å². The Hall–Kier alpha value is 0.623. The molecule has 1 rings (SSSR count). The van der Waals surface area contributed by atoms with Crippen LogP contribution in [0, 0.1) is 6.42 Å². The Morgan fingerprint density at radius 1 is 1.46 bits per heavy atom. The molecule has 1 N–H and O–H groups in total. The fraction of sp³-hybridized carbons (Fsp3) is 0.750. The van der Waals surface area contributed by atoms with Crippen molar-refractivity contribution in [1.29, 1.82) is 0 Å². The molecule has 1 heterocycles. The topological polar surface area (TPSA) is 32.3 Å². The first-order valence-electron chi connectivity index (χ1n) is 4.14. The number of amides is 2. The Bertz CT molecular complexity index is 166.